The van der Waals surface area contributed by atoms with Crippen LogP contribution in [0.15, 0.2) is 4.63 Å². The second kappa shape index (κ2) is 2.32. The molecule has 0 aliphatic carbocycles. The van der Waals surface area contributed by atoms with Gasteiger partial charge in [0.25, 0.3) is 5.69 Å². The van der Waals surface area contributed by atoms with Crippen molar-refractivity contribution in [3.05, 3.63) is 11.4 Å². The van der Waals surface area contributed by atoms with E-state index in [1.165, 1.54) is 0 Å². The van der Waals surface area contributed by atoms with Crippen molar-refractivity contribution in [3.8, 4) is 0 Å². The lowest BCUT2D eigenvalue weighted by Gasteiger charge is -2.08. The molecule has 1 aromatic rings. The van der Waals surface area contributed by atoms with E-state index in [1.807, 2.05) is 14.0 Å². The lowest BCUT2D eigenvalue weighted by atomic mass is 9.91. The van der Waals surface area contributed by atoms with Crippen molar-refractivity contribution in [3.63, 3.8) is 0 Å². The standard InChI is InChI=1S/C8H15N2O/c1-6-7(8(2,3)4)9-11-10(6)5/h1-5H3/q+1. The van der Waals surface area contributed by atoms with Crippen molar-refractivity contribution in [2.24, 2.45) is 7.05 Å². The second-order valence-corrected chi connectivity index (χ2v) is 3.85. The fourth-order valence-electron chi connectivity index (χ4n) is 1.06. The summed E-state index contributed by atoms with van der Waals surface area (Å²) >= 11 is 0. The van der Waals surface area contributed by atoms with E-state index in [9.17, 15) is 0 Å². The molecule has 0 unspecified atom stereocenters. The molecular formula is C8H15N2O+. The van der Waals surface area contributed by atoms with Gasteiger partial charge in [-0.1, -0.05) is 30.1 Å². The van der Waals surface area contributed by atoms with Crippen LogP contribution in [0, 0.1) is 6.92 Å². The predicted octanol–water partition coefficient (Wildman–Crippen LogP) is 1.11. The molecule has 0 N–H and O–H groups in total. The Bertz CT molecular complexity index is 258. The molecule has 0 radical (unpaired) electrons. The maximum absolute atomic E-state index is 4.99. The van der Waals surface area contributed by atoms with Crippen LogP contribution in [0.25, 0.3) is 0 Å². The summed E-state index contributed by atoms with van der Waals surface area (Å²) < 4.78 is 6.67. The molecule has 0 atom stereocenters. The molecule has 62 valence electrons. The number of rotatable bonds is 0. The van der Waals surface area contributed by atoms with E-state index in [1.54, 1.807) is 4.74 Å². The molecule has 1 aromatic heterocycles. The van der Waals surface area contributed by atoms with Crippen LogP contribution >= 0.6 is 0 Å². The van der Waals surface area contributed by atoms with Crippen LogP contribution in [-0.2, 0) is 12.5 Å². The highest BCUT2D eigenvalue weighted by atomic mass is 16.6. The molecule has 0 spiro atoms. The third-order valence-electron chi connectivity index (χ3n) is 1.78. The molecule has 1 rings (SSSR count). The Kier molecular flexibility index (Phi) is 1.74. The van der Waals surface area contributed by atoms with Gasteiger partial charge in [0.15, 0.2) is 10.9 Å². The van der Waals surface area contributed by atoms with Crippen molar-refractivity contribution in [1.82, 2.24) is 5.16 Å². The van der Waals surface area contributed by atoms with Crippen LogP contribution < -0.4 is 4.74 Å². The van der Waals surface area contributed by atoms with Gasteiger partial charge in [0.2, 0.25) is 0 Å². The Hall–Kier alpha value is -0.860. The predicted molar refractivity (Wildman–Crippen MR) is 41.1 cm³/mol. The number of aromatic nitrogens is 2. The van der Waals surface area contributed by atoms with Gasteiger partial charge >= 0.3 is 0 Å². The van der Waals surface area contributed by atoms with Gasteiger partial charge in [0.1, 0.15) is 7.05 Å². The monoisotopic (exact) mass is 155 g/mol. The number of hydrogen-bond donors (Lipinski definition) is 0. The Balaban J connectivity index is 3.15. The minimum atomic E-state index is 0.0782. The summed E-state index contributed by atoms with van der Waals surface area (Å²) in [7, 11) is 1.86. The van der Waals surface area contributed by atoms with Crippen molar-refractivity contribution in [1.29, 1.82) is 0 Å². The molecule has 3 heteroatoms. The van der Waals surface area contributed by atoms with Crippen LogP contribution in [0.4, 0.5) is 0 Å². The zero-order valence-corrected chi connectivity index (χ0v) is 7.80. The molecule has 0 aromatic carbocycles. The van der Waals surface area contributed by atoms with Gasteiger partial charge in [-0.15, -0.1) is 0 Å². The van der Waals surface area contributed by atoms with Gasteiger partial charge in [-0.05, 0) is 0 Å². The highest BCUT2D eigenvalue weighted by Gasteiger charge is 2.29. The van der Waals surface area contributed by atoms with Crippen molar-refractivity contribution >= 4 is 0 Å². The first-order valence-corrected chi connectivity index (χ1v) is 3.76. The fourth-order valence-corrected chi connectivity index (χ4v) is 1.06. The van der Waals surface area contributed by atoms with E-state index in [4.69, 9.17) is 4.63 Å². The number of nitrogens with zero attached hydrogens (tertiary/aromatic N) is 2. The Morgan fingerprint density at radius 3 is 2.09 bits per heavy atom. The smallest absolute Gasteiger partial charge is 0.0851 e. The molecule has 0 saturated heterocycles. The Morgan fingerprint density at radius 2 is 1.91 bits per heavy atom. The minimum absolute atomic E-state index is 0.0782. The van der Waals surface area contributed by atoms with E-state index >= 15 is 0 Å². The first kappa shape index (κ1) is 8.24. The maximum atomic E-state index is 4.99. The third kappa shape index (κ3) is 1.42. The summed E-state index contributed by atoms with van der Waals surface area (Å²) in [5.74, 6) is 0. The summed E-state index contributed by atoms with van der Waals surface area (Å²) in [5, 5.41) is 3.97. The average molecular weight is 155 g/mol. The summed E-state index contributed by atoms with van der Waals surface area (Å²) in [6, 6.07) is 0. The van der Waals surface area contributed by atoms with Gasteiger partial charge in [0.05, 0.1) is 0 Å². The summed E-state index contributed by atoms with van der Waals surface area (Å²) in [5.41, 5.74) is 2.20. The van der Waals surface area contributed by atoms with Crippen LogP contribution in [0.2, 0.25) is 0 Å². The number of hydrogen-bond acceptors (Lipinski definition) is 2. The summed E-state index contributed by atoms with van der Waals surface area (Å²) in [6.45, 7) is 8.38. The zero-order valence-electron chi connectivity index (χ0n) is 7.80. The lowest BCUT2D eigenvalue weighted by molar-refractivity contribution is -0.858. The van der Waals surface area contributed by atoms with Crippen molar-refractivity contribution in [2.45, 2.75) is 33.1 Å². The Morgan fingerprint density at radius 1 is 1.36 bits per heavy atom. The normalized spacial score (nSPS) is 12.1. The first-order valence-electron chi connectivity index (χ1n) is 3.76. The summed E-state index contributed by atoms with van der Waals surface area (Å²) in [4.78, 5) is 0. The van der Waals surface area contributed by atoms with E-state index in [2.05, 4.69) is 25.9 Å². The second-order valence-electron chi connectivity index (χ2n) is 3.85. The van der Waals surface area contributed by atoms with E-state index in [-0.39, 0.29) is 5.41 Å². The van der Waals surface area contributed by atoms with E-state index in [0.717, 1.165) is 11.4 Å². The van der Waals surface area contributed by atoms with E-state index in [0.29, 0.717) is 0 Å². The molecule has 11 heavy (non-hydrogen) atoms. The quantitative estimate of drug-likeness (QED) is 0.525. The van der Waals surface area contributed by atoms with Gasteiger partial charge in [-0.2, -0.15) is 0 Å². The maximum Gasteiger partial charge on any atom is 0.251 e. The molecule has 0 fully saturated rings. The average Bonchev–Trinajstić information content (AvgIpc) is 2.11. The van der Waals surface area contributed by atoms with Crippen LogP contribution in [0.5, 0.6) is 0 Å². The van der Waals surface area contributed by atoms with Gasteiger partial charge < -0.3 is 0 Å². The molecule has 0 aliphatic rings. The number of aryl methyl sites for hydroxylation is 1. The lowest BCUT2D eigenvalue weighted by Crippen LogP contribution is -2.29. The molecule has 0 bridgehead atoms. The van der Waals surface area contributed by atoms with E-state index < -0.39 is 0 Å². The van der Waals surface area contributed by atoms with Crippen LogP contribution in [0.3, 0.4) is 0 Å². The topological polar surface area (TPSA) is 29.9 Å². The largest absolute Gasteiger partial charge is 0.251 e. The van der Waals surface area contributed by atoms with Crippen LogP contribution in [0.1, 0.15) is 32.2 Å². The van der Waals surface area contributed by atoms with Gasteiger partial charge in [0, 0.05) is 12.3 Å². The minimum Gasteiger partial charge on any atom is -0.0851 e. The molecule has 1 heterocycles. The highest BCUT2D eigenvalue weighted by molar-refractivity contribution is 5.11. The SMILES string of the molecule is Cc1c(C(C)(C)C)no[n+]1C. The van der Waals surface area contributed by atoms with Crippen molar-refractivity contribution in [2.75, 3.05) is 0 Å². The van der Waals surface area contributed by atoms with Gasteiger partial charge in [-0.25, -0.2) is 0 Å². The fraction of sp³-hybridized carbons (Fsp3) is 0.750. The molecule has 0 saturated carbocycles. The highest BCUT2D eigenvalue weighted by Crippen LogP contribution is 2.20. The third-order valence-corrected chi connectivity index (χ3v) is 1.78. The molecule has 3 nitrogen and oxygen atoms in total. The molecular weight excluding hydrogens is 140 g/mol. The first-order chi connectivity index (χ1) is 4.93. The Labute approximate surface area is 67.0 Å². The molecule has 0 amide bonds. The zero-order chi connectivity index (χ0) is 8.65. The van der Waals surface area contributed by atoms with Gasteiger partial charge in [-0.3, -0.25) is 0 Å². The molecule has 0 aliphatic heterocycles. The summed E-state index contributed by atoms with van der Waals surface area (Å²) in [6.07, 6.45) is 0. The van der Waals surface area contributed by atoms with Crippen molar-refractivity contribution < 1.29 is 9.37 Å². The van der Waals surface area contributed by atoms with Crippen LogP contribution in [-0.4, -0.2) is 5.16 Å².